The Morgan fingerprint density at radius 2 is 2.04 bits per heavy atom. The van der Waals surface area contributed by atoms with Crippen molar-refractivity contribution in [2.75, 3.05) is 25.6 Å². The number of rotatable bonds is 4. The highest BCUT2D eigenvalue weighted by Crippen LogP contribution is 2.33. The van der Waals surface area contributed by atoms with E-state index < -0.39 is 0 Å². The summed E-state index contributed by atoms with van der Waals surface area (Å²) in [7, 11) is 1.79. The van der Waals surface area contributed by atoms with E-state index in [1.54, 1.807) is 7.05 Å². The molecule has 0 bridgehead atoms. The first-order chi connectivity index (χ1) is 11.1. The summed E-state index contributed by atoms with van der Waals surface area (Å²) in [4.78, 5) is 12.5. The van der Waals surface area contributed by atoms with Gasteiger partial charge >= 0.3 is 0 Å². The Morgan fingerprint density at radius 1 is 1.30 bits per heavy atom. The molecule has 0 fully saturated rings. The zero-order valence-corrected chi connectivity index (χ0v) is 14.1. The van der Waals surface area contributed by atoms with Crippen molar-refractivity contribution < 1.29 is 14.3 Å². The van der Waals surface area contributed by atoms with Crippen molar-refractivity contribution in [1.82, 2.24) is 9.69 Å². The molecule has 1 aliphatic rings. The molecule has 2 heterocycles. The monoisotopic (exact) mass is 333 g/mol. The van der Waals surface area contributed by atoms with Crippen LogP contribution >= 0.6 is 11.5 Å². The van der Waals surface area contributed by atoms with Crippen molar-refractivity contribution in [3.63, 3.8) is 0 Å². The van der Waals surface area contributed by atoms with E-state index in [1.807, 2.05) is 32.0 Å². The average molecular weight is 333 g/mol. The van der Waals surface area contributed by atoms with Gasteiger partial charge in [0.05, 0.1) is 17.3 Å². The number of hydrogen-bond donors (Lipinski definition) is 2. The molecule has 122 valence electrons. The van der Waals surface area contributed by atoms with Gasteiger partial charge in [-0.1, -0.05) is 6.07 Å². The van der Waals surface area contributed by atoms with Crippen molar-refractivity contribution >= 4 is 22.4 Å². The molecule has 1 aromatic carbocycles. The minimum absolute atomic E-state index is 0.136. The fraction of sp³-hybridized carbons (Fsp3) is 0.375. The number of fused-ring (bicyclic) bond motifs is 1. The Morgan fingerprint density at radius 3 is 2.78 bits per heavy atom. The van der Waals surface area contributed by atoms with Crippen LogP contribution in [0, 0.1) is 6.92 Å². The third-order valence-electron chi connectivity index (χ3n) is 3.73. The molecule has 0 radical (unpaired) electrons. The summed E-state index contributed by atoms with van der Waals surface area (Å²) in [6, 6.07) is 5.58. The summed E-state index contributed by atoms with van der Waals surface area (Å²) in [5, 5.41) is 6.79. The molecule has 6 nitrogen and oxygen atoms in total. The Labute approximate surface area is 139 Å². The lowest BCUT2D eigenvalue weighted by atomic mass is 10.1. The summed E-state index contributed by atoms with van der Waals surface area (Å²) in [6.07, 6.45) is 0. The number of anilines is 1. The quantitative estimate of drug-likeness (QED) is 0.900. The van der Waals surface area contributed by atoms with Crippen LogP contribution in [0.25, 0.3) is 0 Å². The zero-order valence-electron chi connectivity index (χ0n) is 13.3. The number of carbonyl (C=O) groups excluding carboxylic acids is 1. The Hall–Kier alpha value is -2.28. The normalized spacial score (nSPS) is 14.2. The highest BCUT2D eigenvalue weighted by Gasteiger charge is 2.21. The molecule has 1 amide bonds. The summed E-state index contributed by atoms with van der Waals surface area (Å²) in [5.74, 6) is 1.33. The molecule has 2 N–H and O–H groups in total. The van der Waals surface area contributed by atoms with Crippen LogP contribution in [0.15, 0.2) is 18.2 Å². The van der Waals surface area contributed by atoms with Gasteiger partial charge in [0.2, 0.25) is 0 Å². The van der Waals surface area contributed by atoms with Crippen LogP contribution in [0.3, 0.4) is 0 Å². The van der Waals surface area contributed by atoms with Gasteiger partial charge in [0.15, 0.2) is 11.5 Å². The van der Waals surface area contributed by atoms with Gasteiger partial charge in [0.25, 0.3) is 5.91 Å². The number of amides is 1. The first-order valence-corrected chi connectivity index (χ1v) is 8.22. The molecule has 1 aromatic heterocycles. The van der Waals surface area contributed by atoms with Crippen LogP contribution in [0.4, 0.5) is 5.00 Å². The maximum atomic E-state index is 12.5. The Kier molecular flexibility index (Phi) is 4.38. The van der Waals surface area contributed by atoms with Crippen molar-refractivity contribution in [2.45, 2.75) is 19.9 Å². The van der Waals surface area contributed by atoms with Crippen LogP contribution in [0.1, 0.15) is 34.6 Å². The van der Waals surface area contributed by atoms with Crippen LogP contribution in [0.2, 0.25) is 0 Å². The first-order valence-electron chi connectivity index (χ1n) is 7.44. The number of benzene rings is 1. The van der Waals surface area contributed by atoms with Crippen molar-refractivity contribution in [3.05, 3.63) is 35.0 Å². The SMILES string of the molecule is CNc1snc(C)c1C(=O)N[C@H](C)c1ccc2c(c1)OCCO2. The molecular formula is C16H19N3O3S. The number of carbonyl (C=O) groups is 1. The van der Waals surface area contributed by atoms with Crippen LogP contribution in [-0.4, -0.2) is 30.5 Å². The van der Waals surface area contributed by atoms with E-state index >= 15 is 0 Å². The molecule has 2 aromatic rings. The highest BCUT2D eigenvalue weighted by atomic mass is 32.1. The zero-order chi connectivity index (χ0) is 16.4. The fourth-order valence-corrected chi connectivity index (χ4v) is 3.23. The maximum absolute atomic E-state index is 12.5. The second kappa shape index (κ2) is 6.45. The van der Waals surface area contributed by atoms with Gasteiger partial charge < -0.3 is 20.1 Å². The molecule has 1 atom stereocenters. The minimum Gasteiger partial charge on any atom is -0.486 e. The lowest BCUT2D eigenvalue weighted by Crippen LogP contribution is -2.27. The van der Waals surface area contributed by atoms with Gasteiger partial charge in [0, 0.05) is 7.05 Å². The Balaban J connectivity index is 1.77. The van der Waals surface area contributed by atoms with Crippen LogP contribution in [-0.2, 0) is 0 Å². The molecule has 23 heavy (non-hydrogen) atoms. The van der Waals surface area contributed by atoms with E-state index in [-0.39, 0.29) is 11.9 Å². The lowest BCUT2D eigenvalue weighted by Gasteiger charge is -2.21. The standard InChI is InChI=1S/C16H19N3O3S/c1-9(11-4-5-12-13(8-11)22-7-6-21-12)18-15(20)14-10(2)19-23-16(14)17-3/h4-5,8-9,17H,6-7H2,1-3H3,(H,18,20)/t9-/m1/s1. The molecule has 0 spiro atoms. The average Bonchev–Trinajstić information content (AvgIpc) is 2.95. The number of nitrogens with one attached hydrogen (secondary N) is 2. The molecule has 3 rings (SSSR count). The van der Waals surface area contributed by atoms with Crippen LogP contribution < -0.4 is 20.1 Å². The second-order valence-electron chi connectivity index (χ2n) is 5.32. The lowest BCUT2D eigenvalue weighted by molar-refractivity contribution is 0.0940. The molecular weight excluding hydrogens is 314 g/mol. The molecule has 0 saturated heterocycles. The van der Waals surface area contributed by atoms with E-state index in [0.717, 1.165) is 27.8 Å². The first kappa shape index (κ1) is 15.6. The number of aryl methyl sites for hydroxylation is 1. The molecule has 1 aliphatic heterocycles. The predicted octanol–water partition coefficient (Wildman–Crippen LogP) is 2.76. The van der Waals surface area contributed by atoms with Gasteiger partial charge in [-0.25, -0.2) is 0 Å². The number of hydrogen-bond acceptors (Lipinski definition) is 6. The van der Waals surface area contributed by atoms with E-state index in [4.69, 9.17) is 9.47 Å². The van der Waals surface area contributed by atoms with Gasteiger partial charge in [-0.05, 0) is 43.1 Å². The summed E-state index contributed by atoms with van der Waals surface area (Å²) in [6.45, 7) is 4.89. The largest absolute Gasteiger partial charge is 0.486 e. The molecule has 7 heteroatoms. The van der Waals surface area contributed by atoms with Crippen molar-refractivity contribution in [3.8, 4) is 11.5 Å². The van der Waals surface area contributed by atoms with Crippen LogP contribution in [0.5, 0.6) is 11.5 Å². The smallest absolute Gasteiger partial charge is 0.256 e. The van der Waals surface area contributed by atoms with E-state index in [1.165, 1.54) is 11.5 Å². The summed E-state index contributed by atoms with van der Waals surface area (Å²) >= 11 is 1.29. The van der Waals surface area contributed by atoms with E-state index in [0.29, 0.717) is 18.8 Å². The second-order valence-corrected chi connectivity index (χ2v) is 6.09. The topological polar surface area (TPSA) is 72.5 Å². The predicted molar refractivity (Wildman–Crippen MR) is 89.7 cm³/mol. The van der Waals surface area contributed by atoms with Gasteiger partial charge in [-0.3, -0.25) is 4.79 Å². The Bertz CT molecular complexity index is 729. The molecule has 0 saturated carbocycles. The van der Waals surface area contributed by atoms with E-state index in [2.05, 4.69) is 15.0 Å². The summed E-state index contributed by atoms with van der Waals surface area (Å²) < 4.78 is 15.3. The van der Waals surface area contributed by atoms with Crippen molar-refractivity contribution in [1.29, 1.82) is 0 Å². The number of aromatic nitrogens is 1. The minimum atomic E-state index is -0.151. The van der Waals surface area contributed by atoms with Gasteiger partial charge in [-0.2, -0.15) is 4.37 Å². The van der Waals surface area contributed by atoms with E-state index in [9.17, 15) is 4.79 Å². The maximum Gasteiger partial charge on any atom is 0.256 e. The fourth-order valence-electron chi connectivity index (χ4n) is 2.49. The molecule has 0 aliphatic carbocycles. The number of ether oxygens (including phenoxy) is 2. The van der Waals surface area contributed by atoms with Crippen molar-refractivity contribution in [2.24, 2.45) is 0 Å². The van der Waals surface area contributed by atoms with Gasteiger partial charge in [0.1, 0.15) is 18.2 Å². The third kappa shape index (κ3) is 3.10. The number of nitrogens with zero attached hydrogens (tertiary/aromatic N) is 1. The van der Waals surface area contributed by atoms with Gasteiger partial charge in [-0.15, -0.1) is 0 Å². The summed E-state index contributed by atoms with van der Waals surface area (Å²) in [5.41, 5.74) is 2.29. The third-order valence-corrected chi connectivity index (χ3v) is 4.69. The highest BCUT2D eigenvalue weighted by molar-refractivity contribution is 7.10. The molecule has 0 unspecified atom stereocenters.